The number of esters is 1. The van der Waals surface area contributed by atoms with Crippen LogP contribution in [0, 0.1) is 0 Å². The number of rotatable bonds is 6. The summed E-state index contributed by atoms with van der Waals surface area (Å²) in [6.07, 6.45) is 0.890. The van der Waals surface area contributed by atoms with Crippen LogP contribution in [-0.2, 0) is 27.3 Å². The van der Waals surface area contributed by atoms with Crippen LogP contribution >= 0.6 is 22.7 Å². The molecule has 2 aromatic rings. The Labute approximate surface area is 159 Å². The summed E-state index contributed by atoms with van der Waals surface area (Å²) in [6, 6.07) is 1.76. The molecule has 0 aliphatic carbocycles. The smallest absolute Gasteiger partial charge is 0.306 e. The van der Waals surface area contributed by atoms with Gasteiger partial charge in [-0.05, 0) is 18.4 Å². The lowest BCUT2D eigenvalue weighted by atomic mass is 10.1. The number of carbonyl (C=O) groups excluding carboxylic acids is 3. The predicted octanol–water partition coefficient (Wildman–Crippen LogP) is 2.68. The van der Waals surface area contributed by atoms with Crippen LogP contribution in [0.25, 0.3) is 0 Å². The normalized spacial score (nSPS) is 13.2. The number of hydrogen-bond acceptors (Lipinski definition) is 7. The van der Waals surface area contributed by atoms with Crippen LogP contribution in [0.3, 0.4) is 0 Å². The number of amides is 2. The first-order valence-electron chi connectivity index (χ1n) is 8.32. The Bertz CT molecular complexity index is 801. The molecule has 0 unspecified atom stereocenters. The lowest BCUT2D eigenvalue weighted by Gasteiger charge is -2.26. The lowest BCUT2D eigenvalue weighted by Crippen LogP contribution is -2.35. The van der Waals surface area contributed by atoms with Gasteiger partial charge in [0.2, 0.25) is 5.91 Å². The van der Waals surface area contributed by atoms with Gasteiger partial charge in [0, 0.05) is 29.6 Å². The SMILES string of the molecule is CCOC(=O)CCC(=O)N1CCc2nc(NC(=O)c3ccsc3)sc2C1. The number of aromatic nitrogens is 1. The van der Waals surface area contributed by atoms with Gasteiger partial charge in [0.1, 0.15) is 0 Å². The summed E-state index contributed by atoms with van der Waals surface area (Å²) in [5.41, 5.74) is 1.53. The third-order valence-electron chi connectivity index (χ3n) is 3.94. The molecule has 0 aromatic carbocycles. The maximum absolute atomic E-state index is 12.3. The summed E-state index contributed by atoms with van der Waals surface area (Å²) in [4.78, 5) is 43.0. The van der Waals surface area contributed by atoms with Crippen molar-refractivity contribution in [2.45, 2.75) is 32.7 Å². The fourth-order valence-corrected chi connectivity index (χ4v) is 4.28. The van der Waals surface area contributed by atoms with Crippen molar-refractivity contribution >= 4 is 45.6 Å². The average Bonchev–Trinajstić information content (AvgIpc) is 3.28. The van der Waals surface area contributed by atoms with Crippen LogP contribution in [-0.4, -0.2) is 40.8 Å². The second kappa shape index (κ2) is 8.41. The maximum atomic E-state index is 12.3. The van der Waals surface area contributed by atoms with Crippen molar-refractivity contribution in [3.05, 3.63) is 33.0 Å². The minimum Gasteiger partial charge on any atom is -0.466 e. The number of nitrogens with zero attached hydrogens (tertiary/aromatic N) is 2. The summed E-state index contributed by atoms with van der Waals surface area (Å²) in [5, 5.41) is 6.99. The summed E-state index contributed by atoms with van der Waals surface area (Å²) in [5.74, 6) is -0.601. The van der Waals surface area contributed by atoms with Crippen LogP contribution in [0.15, 0.2) is 16.8 Å². The number of hydrogen-bond donors (Lipinski definition) is 1. The molecule has 0 fully saturated rings. The van der Waals surface area contributed by atoms with Gasteiger partial charge >= 0.3 is 5.97 Å². The molecule has 3 heterocycles. The Hall–Kier alpha value is -2.26. The van der Waals surface area contributed by atoms with E-state index in [-0.39, 0.29) is 30.6 Å². The van der Waals surface area contributed by atoms with Gasteiger partial charge in [-0.25, -0.2) is 4.98 Å². The van der Waals surface area contributed by atoms with Gasteiger partial charge in [-0.2, -0.15) is 11.3 Å². The average molecular weight is 393 g/mol. The third-order valence-corrected chi connectivity index (χ3v) is 5.62. The molecule has 0 radical (unpaired) electrons. The molecule has 9 heteroatoms. The van der Waals surface area contributed by atoms with Crippen LogP contribution in [0.1, 0.15) is 40.7 Å². The predicted molar refractivity (Wildman–Crippen MR) is 99.4 cm³/mol. The molecule has 26 heavy (non-hydrogen) atoms. The zero-order valence-corrected chi connectivity index (χ0v) is 16.0. The van der Waals surface area contributed by atoms with E-state index in [1.54, 1.807) is 23.3 Å². The minimum absolute atomic E-state index is 0.0686. The van der Waals surface area contributed by atoms with Crippen molar-refractivity contribution in [3.8, 4) is 0 Å². The maximum Gasteiger partial charge on any atom is 0.306 e. The molecule has 2 amide bonds. The molecule has 0 saturated carbocycles. The Balaban J connectivity index is 1.57. The monoisotopic (exact) mass is 393 g/mol. The van der Waals surface area contributed by atoms with Gasteiger partial charge in [-0.15, -0.1) is 0 Å². The molecular weight excluding hydrogens is 374 g/mol. The van der Waals surface area contributed by atoms with E-state index in [2.05, 4.69) is 10.3 Å². The molecule has 1 aliphatic heterocycles. The van der Waals surface area contributed by atoms with Gasteiger partial charge < -0.3 is 9.64 Å². The Morgan fingerprint density at radius 2 is 2.19 bits per heavy atom. The highest BCUT2D eigenvalue weighted by molar-refractivity contribution is 7.16. The van der Waals surface area contributed by atoms with Crippen LogP contribution in [0.2, 0.25) is 0 Å². The van der Waals surface area contributed by atoms with Crippen LogP contribution in [0.5, 0.6) is 0 Å². The van der Waals surface area contributed by atoms with Gasteiger partial charge in [0.15, 0.2) is 5.13 Å². The molecule has 2 aromatic heterocycles. The van der Waals surface area contributed by atoms with Gasteiger partial charge in [-0.3, -0.25) is 19.7 Å². The minimum atomic E-state index is -0.352. The van der Waals surface area contributed by atoms with Gasteiger partial charge in [0.25, 0.3) is 5.91 Å². The first-order chi connectivity index (χ1) is 12.6. The summed E-state index contributed by atoms with van der Waals surface area (Å²) in [7, 11) is 0. The zero-order chi connectivity index (χ0) is 18.5. The second-order valence-corrected chi connectivity index (χ2v) is 7.59. The molecule has 0 spiro atoms. The largest absolute Gasteiger partial charge is 0.466 e. The highest BCUT2D eigenvalue weighted by atomic mass is 32.1. The molecule has 1 aliphatic rings. The first kappa shape index (κ1) is 18.5. The van der Waals surface area contributed by atoms with E-state index in [4.69, 9.17) is 4.74 Å². The van der Waals surface area contributed by atoms with Crippen LogP contribution in [0.4, 0.5) is 5.13 Å². The number of fused-ring (bicyclic) bond motifs is 1. The number of nitrogens with one attached hydrogen (secondary N) is 1. The van der Waals surface area contributed by atoms with E-state index in [0.29, 0.717) is 36.8 Å². The van der Waals surface area contributed by atoms with Crippen molar-refractivity contribution in [1.82, 2.24) is 9.88 Å². The number of ether oxygens (including phenoxy) is 1. The number of anilines is 1. The number of thiophene rings is 1. The standard InChI is InChI=1S/C17H19N3O4S2/c1-2-24-15(22)4-3-14(21)20-7-5-12-13(9-20)26-17(18-12)19-16(23)11-6-8-25-10-11/h6,8,10H,2-5,7,9H2,1H3,(H,18,19,23). The number of carbonyl (C=O) groups is 3. The summed E-state index contributed by atoms with van der Waals surface area (Å²) in [6.45, 7) is 3.09. The van der Waals surface area contributed by atoms with Crippen molar-refractivity contribution < 1.29 is 19.1 Å². The fraction of sp³-hybridized carbons (Fsp3) is 0.412. The van der Waals surface area contributed by atoms with Crippen molar-refractivity contribution in [1.29, 1.82) is 0 Å². The molecular formula is C17H19N3O4S2. The van der Waals surface area contributed by atoms with Crippen molar-refractivity contribution in [2.75, 3.05) is 18.5 Å². The molecule has 0 saturated heterocycles. The number of thiazole rings is 1. The van der Waals surface area contributed by atoms with E-state index in [1.807, 2.05) is 5.38 Å². The quantitative estimate of drug-likeness (QED) is 0.762. The van der Waals surface area contributed by atoms with E-state index in [1.165, 1.54) is 22.7 Å². The molecule has 7 nitrogen and oxygen atoms in total. The first-order valence-corrected chi connectivity index (χ1v) is 10.1. The topological polar surface area (TPSA) is 88.6 Å². The van der Waals surface area contributed by atoms with E-state index in [0.717, 1.165) is 10.6 Å². The lowest BCUT2D eigenvalue weighted by molar-refractivity contribution is -0.145. The highest BCUT2D eigenvalue weighted by Crippen LogP contribution is 2.29. The van der Waals surface area contributed by atoms with Gasteiger partial charge in [0.05, 0.1) is 30.8 Å². The van der Waals surface area contributed by atoms with Crippen molar-refractivity contribution in [2.24, 2.45) is 0 Å². The second-order valence-electron chi connectivity index (χ2n) is 5.73. The Kier molecular flexibility index (Phi) is 6.00. The fourth-order valence-electron chi connectivity index (χ4n) is 2.63. The van der Waals surface area contributed by atoms with Crippen LogP contribution < -0.4 is 5.32 Å². The van der Waals surface area contributed by atoms with Gasteiger partial charge in [-0.1, -0.05) is 11.3 Å². The van der Waals surface area contributed by atoms with E-state index < -0.39 is 0 Å². The highest BCUT2D eigenvalue weighted by Gasteiger charge is 2.25. The molecule has 3 rings (SSSR count). The van der Waals surface area contributed by atoms with Crippen molar-refractivity contribution in [3.63, 3.8) is 0 Å². The summed E-state index contributed by atoms with van der Waals surface area (Å²) >= 11 is 2.85. The van der Waals surface area contributed by atoms with E-state index >= 15 is 0 Å². The third kappa shape index (κ3) is 4.47. The Morgan fingerprint density at radius 1 is 1.35 bits per heavy atom. The van der Waals surface area contributed by atoms with E-state index in [9.17, 15) is 14.4 Å². The Morgan fingerprint density at radius 3 is 2.92 bits per heavy atom. The summed E-state index contributed by atoms with van der Waals surface area (Å²) < 4.78 is 4.85. The molecule has 1 N–H and O–H groups in total. The molecule has 0 atom stereocenters. The molecule has 0 bridgehead atoms. The zero-order valence-electron chi connectivity index (χ0n) is 14.3. The molecule has 138 valence electrons.